The van der Waals surface area contributed by atoms with Gasteiger partial charge in [-0.3, -0.25) is 20.4 Å². The molecule has 0 bridgehead atoms. The molecule has 0 radical (unpaired) electrons. The van der Waals surface area contributed by atoms with Crippen molar-refractivity contribution in [2.24, 2.45) is 5.18 Å². The number of aromatic hydroxyl groups is 1. The van der Waals surface area contributed by atoms with Crippen LogP contribution in [0.5, 0.6) is 5.75 Å². The van der Waals surface area contributed by atoms with E-state index in [-0.39, 0.29) is 23.4 Å². The fraction of sp³-hybridized carbons (Fsp3) is 0.125. The molecule has 0 spiro atoms. The molecule has 1 aliphatic rings. The predicted octanol–water partition coefficient (Wildman–Crippen LogP) is 1.62. The minimum atomic E-state index is -0.554. The Balaban J connectivity index is 1.91. The van der Waals surface area contributed by atoms with Gasteiger partial charge in [-0.05, 0) is 35.4 Å². The quantitative estimate of drug-likeness (QED) is 0.580. The Morgan fingerprint density at radius 3 is 2.83 bits per heavy atom. The second-order valence-electron chi connectivity index (χ2n) is 4.81. The minimum Gasteiger partial charge on any atom is -0.508 e. The van der Waals surface area contributed by atoms with Crippen molar-refractivity contribution in [1.82, 2.24) is 10.9 Å². The molecule has 0 saturated heterocycles. The van der Waals surface area contributed by atoms with Crippen LogP contribution in [0.1, 0.15) is 12.0 Å². The number of carbonyl (C=O) groups is 2. The molecule has 1 aromatic rings. The number of amides is 2. The summed E-state index contributed by atoms with van der Waals surface area (Å²) in [5.74, 6) is -0.929. The zero-order valence-corrected chi connectivity index (χ0v) is 12.2. The lowest BCUT2D eigenvalue weighted by atomic mass is 10.1. The van der Waals surface area contributed by atoms with Crippen LogP contribution in [-0.2, 0) is 16.0 Å². The SMILES string of the molecule is O=NC1=CCC=CC(C(=O)NNC(=O)Cc2cccc(O)c2)=C1. The van der Waals surface area contributed by atoms with Crippen LogP contribution in [0.15, 0.2) is 65.0 Å². The average Bonchev–Trinajstić information content (AvgIpc) is 2.78. The third-order valence-electron chi connectivity index (χ3n) is 3.02. The van der Waals surface area contributed by atoms with Crippen molar-refractivity contribution in [3.05, 3.63) is 70.3 Å². The summed E-state index contributed by atoms with van der Waals surface area (Å²) in [4.78, 5) is 34.3. The Labute approximate surface area is 132 Å². The summed E-state index contributed by atoms with van der Waals surface area (Å²) in [6, 6.07) is 6.27. The first-order valence-electron chi connectivity index (χ1n) is 6.87. The number of hydrazine groups is 1. The number of phenolic OH excluding ortho intramolecular Hbond substituents is 1. The van der Waals surface area contributed by atoms with Crippen molar-refractivity contribution in [3.63, 3.8) is 0 Å². The lowest BCUT2D eigenvalue weighted by Crippen LogP contribution is -2.42. The molecule has 2 amide bonds. The molecule has 3 N–H and O–H groups in total. The van der Waals surface area contributed by atoms with Gasteiger partial charge in [0.1, 0.15) is 11.4 Å². The van der Waals surface area contributed by atoms with E-state index in [1.165, 1.54) is 18.2 Å². The van der Waals surface area contributed by atoms with E-state index < -0.39 is 11.8 Å². The fourth-order valence-corrected chi connectivity index (χ4v) is 1.95. The number of hydrogen-bond acceptors (Lipinski definition) is 5. The molecule has 2 rings (SSSR count). The van der Waals surface area contributed by atoms with Gasteiger partial charge < -0.3 is 5.11 Å². The van der Waals surface area contributed by atoms with Crippen molar-refractivity contribution in [2.45, 2.75) is 12.8 Å². The van der Waals surface area contributed by atoms with Gasteiger partial charge in [-0.25, -0.2) is 0 Å². The summed E-state index contributed by atoms with van der Waals surface area (Å²) in [6.45, 7) is 0. The topological polar surface area (TPSA) is 108 Å². The van der Waals surface area contributed by atoms with E-state index in [9.17, 15) is 19.6 Å². The number of allylic oxidation sites excluding steroid dienone is 3. The van der Waals surface area contributed by atoms with Crippen LogP contribution >= 0.6 is 0 Å². The Morgan fingerprint density at radius 1 is 1.26 bits per heavy atom. The fourth-order valence-electron chi connectivity index (χ4n) is 1.95. The molecule has 7 heteroatoms. The third kappa shape index (κ3) is 4.92. The van der Waals surface area contributed by atoms with Gasteiger partial charge in [0, 0.05) is 5.57 Å². The van der Waals surface area contributed by atoms with Crippen LogP contribution in [-0.4, -0.2) is 16.9 Å². The number of carbonyl (C=O) groups excluding carboxylic acids is 2. The molecule has 1 aliphatic carbocycles. The zero-order valence-electron chi connectivity index (χ0n) is 12.2. The third-order valence-corrected chi connectivity index (χ3v) is 3.02. The lowest BCUT2D eigenvalue weighted by molar-refractivity contribution is -0.126. The molecule has 118 valence electrons. The second-order valence-corrected chi connectivity index (χ2v) is 4.81. The predicted molar refractivity (Wildman–Crippen MR) is 83.8 cm³/mol. The van der Waals surface area contributed by atoms with E-state index in [0.29, 0.717) is 12.0 Å². The van der Waals surface area contributed by atoms with E-state index in [2.05, 4.69) is 16.0 Å². The lowest BCUT2D eigenvalue weighted by Gasteiger charge is -2.08. The maximum Gasteiger partial charge on any atom is 0.269 e. The summed E-state index contributed by atoms with van der Waals surface area (Å²) < 4.78 is 0. The molecule has 0 fully saturated rings. The van der Waals surface area contributed by atoms with Crippen LogP contribution in [0.4, 0.5) is 0 Å². The van der Waals surface area contributed by atoms with E-state index in [0.717, 1.165) is 0 Å². The number of phenols is 1. The zero-order chi connectivity index (χ0) is 16.7. The Bertz CT molecular complexity index is 720. The van der Waals surface area contributed by atoms with Crippen molar-refractivity contribution < 1.29 is 14.7 Å². The van der Waals surface area contributed by atoms with Gasteiger partial charge in [0.2, 0.25) is 5.91 Å². The summed E-state index contributed by atoms with van der Waals surface area (Å²) >= 11 is 0. The van der Waals surface area contributed by atoms with Crippen LogP contribution < -0.4 is 10.9 Å². The van der Waals surface area contributed by atoms with Crippen LogP contribution in [0.25, 0.3) is 0 Å². The molecule has 1 aromatic carbocycles. The van der Waals surface area contributed by atoms with Crippen LogP contribution in [0, 0.1) is 4.91 Å². The van der Waals surface area contributed by atoms with Gasteiger partial charge in [0.15, 0.2) is 0 Å². The maximum atomic E-state index is 12.0. The van der Waals surface area contributed by atoms with Gasteiger partial charge in [0.25, 0.3) is 5.91 Å². The van der Waals surface area contributed by atoms with Crippen LogP contribution in [0.2, 0.25) is 0 Å². The van der Waals surface area contributed by atoms with Crippen LogP contribution in [0.3, 0.4) is 0 Å². The standard InChI is InChI=1S/C16H15N3O4/c20-14-7-3-4-11(8-14)9-15(21)17-18-16(22)12-5-1-2-6-13(10-12)19-23/h1,3-8,10,20H,2,9H2,(H,17,21)(H,18,22). The molecule has 0 aromatic heterocycles. The average molecular weight is 313 g/mol. The van der Waals surface area contributed by atoms with E-state index in [4.69, 9.17) is 0 Å². The van der Waals surface area contributed by atoms with Gasteiger partial charge in [-0.15, -0.1) is 4.91 Å². The van der Waals surface area contributed by atoms with E-state index >= 15 is 0 Å². The molecule has 0 unspecified atom stereocenters. The highest BCUT2D eigenvalue weighted by atomic mass is 16.3. The number of hydrogen-bond donors (Lipinski definition) is 3. The molecule has 0 saturated carbocycles. The largest absolute Gasteiger partial charge is 0.508 e. The number of rotatable bonds is 4. The highest BCUT2D eigenvalue weighted by Gasteiger charge is 2.11. The molecule has 0 aliphatic heterocycles. The molecular weight excluding hydrogens is 298 g/mol. The summed E-state index contributed by atoms with van der Waals surface area (Å²) in [7, 11) is 0. The normalized spacial score (nSPS) is 13.4. The Kier molecular flexibility index (Phi) is 5.40. The van der Waals surface area contributed by atoms with Gasteiger partial charge in [-0.1, -0.05) is 30.4 Å². The summed E-state index contributed by atoms with van der Waals surface area (Å²) in [5.41, 5.74) is 5.53. The minimum absolute atomic E-state index is 0.00458. The first-order chi connectivity index (χ1) is 11.1. The monoisotopic (exact) mass is 313 g/mol. The number of nitroso groups, excluding NO2 is 1. The van der Waals surface area contributed by atoms with E-state index in [1.807, 2.05) is 0 Å². The molecule has 0 heterocycles. The van der Waals surface area contributed by atoms with Crippen molar-refractivity contribution in [2.75, 3.05) is 0 Å². The molecule has 7 nitrogen and oxygen atoms in total. The smallest absolute Gasteiger partial charge is 0.269 e. The summed E-state index contributed by atoms with van der Waals surface area (Å²) in [5, 5.41) is 12.1. The molecule has 23 heavy (non-hydrogen) atoms. The van der Waals surface area contributed by atoms with E-state index in [1.54, 1.807) is 30.4 Å². The van der Waals surface area contributed by atoms with Crippen molar-refractivity contribution in [3.8, 4) is 5.75 Å². The first-order valence-corrected chi connectivity index (χ1v) is 6.87. The Morgan fingerprint density at radius 2 is 2.09 bits per heavy atom. The molecular formula is C16H15N3O4. The number of nitrogens with one attached hydrogen (secondary N) is 2. The van der Waals surface area contributed by atoms with Crippen molar-refractivity contribution in [1.29, 1.82) is 0 Å². The highest BCUT2D eigenvalue weighted by molar-refractivity contribution is 5.97. The summed E-state index contributed by atoms with van der Waals surface area (Å²) in [6.07, 6.45) is 6.68. The van der Waals surface area contributed by atoms with Gasteiger partial charge in [0.05, 0.1) is 6.42 Å². The highest BCUT2D eigenvalue weighted by Crippen LogP contribution is 2.12. The number of nitrogens with zero attached hydrogens (tertiary/aromatic N) is 1. The first kappa shape index (κ1) is 16.2. The second kappa shape index (κ2) is 7.69. The Hall–Kier alpha value is -3.22. The van der Waals surface area contributed by atoms with Crippen molar-refractivity contribution >= 4 is 11.8 Å². The van der Waals surface area contributed by atoms with Gasteiger partial charge in [-0.2, -0.15) is 0 Å². The maximum absolute atomic E-state index is 12.0. The molecule has 0 atom stereocenters. The number of benzene rings is 1. The van der Waals surface area contributed by atoms with Gasteiger partial charge >= 0.3 is 0 Å².